The molecule has 1 amide bonds. The number of amides is 1. The number of aryl methyl sites for hydroxylation is 1. The average molecular weight is 445 g/mol. The number of carbonyl (C=O) groups excluding carboxylic acids is 1. The highest BCUT2D eigenvalue weighted by Crippen LogP contribution is 2.36. The highest BCUT2D eigenvalue weighted by atomic mass is 35.5. The monoisotopic (exact) mass is 444 g/mol. The van der Waals surface area contributed by atoms with E-state index in [4.69, 9.17) is 16.3 Å². The smallest absolute Gasteiger partial charge is 0.410 e. The van der Waals surface area contributed by atoms with Gasteiger partial charge >= 0.3 is 6.09 Å². The highest BCUT2D eigenvalue weighted by molar-refractivity contribution is 6.33. The van der Waals surface area contributed by atoms with Gasteiger partial charge < -0.3 is 19.1 Å². The Morgan fingerprint density at radius 2 is 1.77 bits per heavy atom. The molecule has 164 valence electrons. The minimum absolute atomic E-state index is 0.339. The molecule has 31 heavy (non-hydrogen) atoms. The maximum atomic E-state index is 15.7. The van der Waals surface area contributed by atoms with Gasteiger partial charge in [-0.3, -0.25) is 0 Å². The Morgan fingerprint density at radius 1 is 1.10 bits per heavy atom. The number of piperazine rings is 1. The molecular weight excluding hydrogens is 419 g/mol. The normalized spacial score (nSPS) is 14.9. The fraction of sp³-hybridized carbons (Fsp3) is 0.391. The Labute approximate surface area is 186 Å². The van der Waals surface area contributed by atoms with Crippen LogP contribution in [0, 0.1) is 5.82 Å². The molecule has 0 atom stereocenters. The van der Waals surface area contributed by atoms with E-state index in [9.17, 15) is 4.79 Å². The number of imidazole rings is 1. The van der Waals surface area contributed by atoms with Crippen LogP contribution >= 0.6 is 11.6 Å². The van der Waals surface area contributed by atoms with E-state index in [1.807, 2.05) is 61.6 Å². The van der Waals surface area contributed by atoms with E-state index in [-0.39, 0.29) is 6.09 Å². The molecule has 1 aliphatic heterocycles. The summed E-state index contributed by atoms with van der Waals surface area (Å²) in [5.74, 6) is 0.139. The largest absolute Gasteiger partial charge is 0.444 e. The van der Waals surface area contributed by atoms with Crippen LogP contribution in [0.4, 0.5) is 14.9 Å². The van der Waals surface area contributed by atoms with Gasteiger partial charge in [0.1, 0.15) is 11.4 Å². The van der Waals surface area contributed by atoms with Crippen molar-refractivity contribution in [3.63, 3.8) is 0 Å². The summed E-state index contributed by atoms with van der Waals surface area (Å²) in [5, 5.41) is 0.339. The topological polar surface area (TPSA) is 50.6 Å². The van der Waals surface area contributed by atoms with Crippen LogP contribution in [-0.4, -0.2) is 52.3 Å². The van der Waals surface area contributed by atoms with Gasteiger partial charge in [-0.2, -0.15) is 0 Å². The molecule has 6 nitrogen and oxygen atoms in total. The first-order valence-electron chi connectivity index (χ1n) is 10.3. The molecule has 0 bridgehead atoms. The zero-order valence-corrected chi connectivity index (χ0v) is 18.9. The third-order valence-corrected chi connectivity index (χ3v) is 5.65. The first kappa shape index (κ1) is 21.4. The summed E-state index contributed by atoms with van der Waals surface area (Å²) in [6, 6.07) is 11.1. The molecule has 0 aliphatic carbocycles. The number of hydrogen-bond donors (Lipinski definition) is 0. The molecule has 1 saturated heterocycles. The molecule has 8 heteroatoms. The van der Waals surface area contributed by atoms with Crippen molar-refractivity contribution >= 4 is 34.4 Å². The third-order valence-electron chi connectivity index (χ3n) is 5.34. The van der Waals surface area contributed by atoms with E-state index in [1.165, 1.54) is 0 Å². The number of aromatic nitrogens is 2. The second-order valence-corrected chi connectivity index (χ2v) is 9.10. The quantitative estimate of drug-likeness (QED) is 0.552. The summed E-state index contributed by atoms with van der Waals surface area (Å²) in [6.07, 6.45) is -0.354. The van der Waals surface area contributed by atoms with Crippen LogP contribution in [0.3, 0.4) is 0 Å². The number of halogens is 2. The average Bonchev–Trinajstić information content (AvgIpc) is 3.04. The van der Waals surface area contributed by atoms with E-state index < -0.39 is 11.4 Å². The van der Waals surface area contributed by atoms with Gasteiger partial charge in [-0.1, -0.05) is 23.7 Å². The first-order valence-corrected chi connectivity index (χ1v) is 10.7. The van der Waals surface area contributed by atoms with Crippen molar-refractivity contribution in [1.29, 1.82) is 0 Å². The highest BCUT2D eigenvalue weighted by Gasteiger charge is 2.29. The van der Waals surface area contributed by atoms with Gasteiger partial charge in [-0.25, -0.2) is 14.2 Å². The SMILES string of the molecule is Cn1c(-c2ccc(Cl)c(N3CCN(C(=O)OC(C)(C)C)CC3)c2F)nc2ccccc21. The Hall–Kier alpha value is -2.80. The van der Waals surface area contributed by atoms with E-state index in [0.717, 1.165) is 11.0 Å². The molecule has 3 aromatic rings. The Kier molecular flexibility index (Phi) is 5.56. The van der Waals surface area contributed by atoms with Gasteiger partial charge in [-0.05, 0) is 45.0 Å². The summed E-state index contributed by atoms with van der Waals surface area (Å²) in [5.41, 5.74) is 1.92. The van der Waals surface area contributed by atoms with Crippen LogP contribution in [0.25, 0.3) is 22.4 Å². The standard InChI is InChI=1S/C23H26ClFN4O2/c1-23(2,3)31-22(30)29-13-11-28(12-14-29)20-16(24)10-9-15(19(20)25)21-26-17-7-5-6-8-18(17)27(21)4/h5-10H,11-14H2,1-4H3. The summed E-state index contributed by atoms with van der Waals surface area (Å²) in [7, 11) is 1.87. The number of carbonyl (C=O) groups is 1. The van der Waals surface area contributed by atoms with Gasteiger partial charge in [0.05, 0.1) is 27.3 Å². The molecule has 2 aromatic carbocycles. The van der Waals surface area contributed by atoms with Crippen LogP contribution in [0.2, 0.25) is 5.02 Å². The fourth-order valence-corrected chi connectivity index (χ4v) is 4.09. The molecule has 0 N–H and O–H groups in total. The summed E-state index contributed by atoms with van der Waals surface area (Å²) < 4.78 is 23.0. The van der Waals surface area contributed by atoms with E-state index >= 15 is 4.39 Å². The fourth-order valence-electron chi connectivity index (χ4n) is 3.83. The molecule has 1 aliphatic rings. The first-order chi connectivity index (χ1) is 14.7. The lowest BCUT2D eigenvalue weighted by molar-refractivity contribution is 0.0240. The maximum absolute atomic E-state index is 15.7. The zero-order chi connectivity index (χ0) is 22.3. The van der Waals surface area contributed by atoms with Crippen LogP contribution in [-0.2, 0) is 11.8 Å². The lowest BCUT2D eigenvalue weighted by Crippen LogP contribution is -2.50. The molecule has 1 aromatic heterocycles. The molecule has 0 unspecified atom stereocenters. The van der Waals surface area contributed by atoms with Crippen molar-refractivity contribution in [3.8, 4) is 11.4 Å². The van der Waals surface area contributed by atoms with Crippen molar-refractivity contribution in [2.75, 3.05) is 31.1 Å². The van der Waals surface area contributed by atoms with Gasteiger partial charge in [0, 0.05) is 33.2 Å². The molecule has 0 spiro atoms. The lowest BCUT2D eigenvalue weighted by Gasteiger charge is -2.37. The predicted octanol–water partition coefficient (Wildman–Crippen LogP) is 5.09. The van der Waals surface area contributed by atoms with Crippen molar-refractivity contribution in [2.45, 2.75) is 26.4 Å². The molecule has 0 saturated carbocycles. The molecule has 4 rings (SSSR count). The van der Waals surface area contributed by atoms with Gasteiger partial charge in [0.25, 0.3) is 0 Å². The molecular formula is C23H26ClFN4O2. The van der Waals surface area contributed by atoms with Crippen LogP contribution in [0.1, 0.15) is 20.8 Å². The number of hydrogen-bond acceptors (Lipinski definition) is 4. The lowest BCUT2D eigenvalue weighted by atomic mass is 10.1. The predicted molar refractivity (Wildman–Crippen MR) is 121 cm³/mol. The summed E-state index contributed by atoms with van der Waals surface area (Å²) in [4.78, 5) is 20.5. The van der Waals surface area contributed by atoms with E-state index in [1.54, 1.807) is 17.0 Å². The van der Waals surface area contributed by atoms with Crippen LogP contribution < -0.4 is 4.90 Å². The zero-order valence-electron chi connectivity index (χ0n) is 18.2. The van der Waals surface area contributed by atoms with Crippen LogP contribution in [0.15, 0.2) is 36.4 Å². The van der Waals surface area contributed by atoms with Gasteiger partial charge in [-0.15, -0.1) is 0 Å². The number of ether oxygens (including phenoxy) is 1. The number of nitrogens with zero attached hydrogens (tertiary/aromatic N) is 4. The minimum Gasteiger partial charge on any atom is -0.444 e. The van der Waals surface area contributed by atoms with Crippen molar-refractivity contribution < 1.29 is 13.9 Å². The van der Waals surface area contributed by atoms with E-state index in [2.05, 4.69) is 4.98 Å². The van der Waals surface area contributed by atoms with E-state index in [0.29, 0.717) is 48.3 Å². The van der Waals surface area contributed by atoms with Crippen molar-refractivity contribution in [1.82, 2.24) is 14.5 Å². The number of anilines is 1. The number of para-hydroxylation sites is 2. The van der Waals surface area contributed by atoms with Crippen molar-refractivity contribution in [2.24, 2.45) is 7.05 Å². The molecule has 1 fully saturated rings. The Bertz CT molecular complexity index is 1130. The second kappa shape index (κ2) is 8.04. The Morgan fingerprint density at radius 3 is 2.42 bits per heavy atom. The number of fused-ring (bicyclic) bond motifs is 1. The summed E-state index contributed by atoms with van der Waals surface area (Å²) in [6.45, 7) is 7.29. The van der Waals surface area contributed by atoms with Crippen LogP contribution in [0.5, 0.6) is 0 Å². The second-order valence-electron chi connectivity index (χ2n) is 8.70. The molecule has 0 radical (unpaired) electrons. The maximum Gasteiger partial charge on any atom is 0.410 e. The Balaban J connectivity index is 1.60. The van der Waals surface area contributed by atoms with Gasteiger partial charge in [0.2, 0.25) is 0 Å². The van der Waals surface area contributed by atoms with Crippen molar-refractivity contribution in [3.05, 3.63) is 47.2 Å². The number of rotatable bonds is 2. The minimum atomic E-state index is -0.552. The van der Waals surface area contributed by atoms with Gasteiger partial charge in [0.15, 0.2) is 5.82 Å². The molecule has 2 heterocycles. The summed E-state index contributed by atoms with van der Waals surface area (Å²) >= 11 is 6.41. The number of benzene rings is 2. The third kappa shape index (κ3) is 4.19.